The molecule has 3 aromatic rings. The summed E-state index contributed by atoms with van der Waals surface area (Å²) in [6.45, 7) is 6.88. The third kappa shape index (κ3) is 5.41. The molecule has 164 valence electrons. The number of hydrogen-bond donors (Lipinski definition) is 2. The molecule has 0 spiro atoms. The smallest absolute Gasteiger partial charge is 0.328 e. The topological polar surface area (TPSA) is 120 Å². The number of benzene rings is 1. The summed E-state index contributed by atoms with van der Waals surface area (Å²) < 4.78 is 14.1. The lowest BCUT2D eigenvalue weighted by Gasteiger charge is -2.12. The summed E-state index contributed by atoms with van der Waals surface area (Å²) in [5, 5.41) is 20.1. The van der Waals surface area contributed by atoms with Crippen LogP contribution in [0.5, 0.6) is 11.5 Å². The van der Waals surface area contributed by atoms with Crippen LogP contribution in [0, 0.1) is 0 Å². The lowest BCUT2D eigenvalue weighted by molar-refractivity contribution is -0.140. The Morgan fingerprint density at radius 1 is 1.16 bits per heavy atom. The number of carboxylic acid groups (broad SMARTS) is 1. The van der Waals surface area contributed by atoms with Gasteiger partial charge < -0.3 is 19.9 Å². The van der Waals surface area contributed by atoms with Crippen molar-refractivity contribution in [1.82, 2.24) is 19.6 Å². The predicted octanol–water partition coefficient (Wildman–Crippen LogP) is 2.82. The zero-order chi connectivity index (χ0) is 22.4. The molecule has 3 rings (SSSR count). The number of rotatable bonds is 10. The number of anilines is 1. The maximum Gasteiger partial charge on any atom is 0.328 e. The minimum absolute atomic E-state index is 0.119. The Balaban J connectivity index is 1.66. The summed E-state index contributed by atoms with van der Waals surface area (Å²) in [7, 11) is 0. The first-order chi connectivity index (χ1) is 14.9. The van der Waals surface area contributed by atoms with Gasteiger partial charge in [0.05, 0.1) is 31.6 Å². The van der Waals surface area contributed by atoms with Crippen LogP contribution in [0.4, 0.5) is 5.69 Å². The van der Waals surface area contributed by atoms with E-state index in [9.17, 15) is 9.59 Å². The van der Waals surface area contributed by atoms with E-state index in [-0.39, 0.29) is 5.69 Å². The third-order valence-corrected chi connectivity index (χ3v) is 4.44. The molecule has 2 heterocycles. The van der Waals surface area contributed by atoms with Crippen LogP contribution in [0.3, 0.4) is 0 Å². The number of carbonyl (C=O) groups excluding carboxylic acids is 1. The van der Waals surface area contributed by atoms with E-state index in [0.29, 0.717) is 36.9 Å². The van der Waals surface area contributed by atoms with Gasteiger partial charge >= 0.3 is 5.97 Å². The van der Waals surface area contributed by atoms with Gasteiger partial charge in [0.15, 0.2) is 17.2 Å². The first-order valence-electron chi connectivity index (χ1n) is 9.91. The number of aromatic nitrogens is 4. The van der Waals surface area contributed by atoms with Crippen molar-refractivity contribution in [2.45, 2.75) is 33.4 Å². The number of carbonyl (C=O) groups is 2. The number of carboxylic acids is 1. The zero-order valence-electron chi connectivity index (χ0n) is 17.6. The van der Waals surface area contributed by atoms with E-state index in [0.717, 1.165) is 5.56 Å². The third-order valence-electron chi connectivity index (χ3n) is 4.44. The molecule has 10 heteroatoms. The fourth-order valence-corrected chi connectivity index (χ4v) is 2.88. The van der Waals surface area contributed by atoms with Crippen molar-refractivity contribution in [3.05, 3.63) is 54.1 Å². The first kappa shape index (κ1) is 21.9. The van der Waals surface area contributed by atoms with Gasteiger partial charge in [0, 0.05) is 12.4 Å². The summed E-state index contributed by atoms with van der Waals surface area (Å²) in [5.74, 6) is -0.111. The highest BCUT2D eigenvalue weighted by Gasteiger charge is 2.17. The van der Waals surface area contributed by atoms with Crippen LogP contribution in [0.15, 0.2) is 42.9 Å². The van der Waals surface area contributed by atoms with Crippen molar-refractivity contribution in [1.29, 1.82) is 0 Å². The first-order valence-corrected chi connectivity index (χ1v) is 9.91. The van der Waals surface area contributed by atoms with Crippen molar-refractivity contribution < 1.29 is 24.2 Å². The van der Waals surface area contributed by atoms with Gasteiger partial charge in [-0.2, -0.15) is 10.2 Å². The van der Waals surface area contributed by atoms with E-state index in [1.807, 2.05) is 32.0 Å². The van der Waals surface area contributed by atoms with Crippen LogP contribution in [0.2, 0.25) is 0 Å². The lowest BCUT2D eigenvalue weighted by atomic mass is 10.2. The monoisotopic (exact) mass is 427 g/mol. The molecular weight excluding hydrogens is 402 g/mol. The molecule has 0 aliphatic carbocycles. The summed E-state index contributed by atoms with van der Waals surface area (Å²) in [6, 6.07) is 6.31. The summed E-state index contributed by atoms with van der Waals surface area (Å²) in [5.41, 5.74) is 1.59. The number of amides is 1. The number of nitrogens with one attached hydrogen (secondary N) is 1. The Bertz CT molecular complexity index is 1060. The lowest BCUT2D eigenvalue weighted by Crippen LogP contribution is -2.18. The van der Waals surface area contributed by atoms with Crippen LogP contribution < -0.4 is 14.8 Å². The average molecular weight is 427 g/mol. The summed E-state index contributed by atoms with van der Waals surface area (Å²) in [4.78, 5) is 23.4. The predicted molar refractivity (Wildman–Crippen MR) is 113 cm³/mol. The Hall–Kier alpha value is -3.82. The van der Waals surface area contributed by atoms with Gasteiger partial charge in [-0.15, -0.1) is 0 Å². The molecule has 0 bridgehead atoms. The molecule has 2 N–H and O–H groups in total. The van der Waals surface area contributed by atoms with E-state index in [4.69, 9.17) is 14.6 Å². The molecule has 1 amide bonds. The Morgan fingerprint density at radius 2 is 1.90 bits per heavy atom. The number of hydrogen-bond acceptors (Lipinski definition) is 6. The number of ether oxygens (including phenoxy) is 2. The second kappa shape index (κ2) is 9.79. The Morgan fingerprint density at radius 3 is 2.61 bits per heavy atom. The zero-order valence-corrected chi connectivity index (χ0v) is 17.6. The molecule has 0 aliphatic heterocycles. The van der Waals surface area contributed by atoms with Gasteiger partial charge in [0.2, 0.25) is 0 Å². The average Bonchev–Trinajstić information content (AvgIpc) is 3.39. The molecule has 0 saturated carbocycles. The van der Waals surface area contributed by atoms with Gasteiger partial charge in [-0.25, -0.2) is 4.79 Å². The van der Waals surface area contributed by atoms with Crippen LogP contribution in [-0.2, 0) is 11.3 Å². The minimum Gasteiger partial charge on any atom is -0.490 e. The molecule has 2 aromatic heterocycles. The molecule has 0 aliphatic rings. The molecule has 1 atom stereocenters. The van der Waals surface area contributed by atoms with Gasteiger partial charge in [0.25, 0.3) is 5.91 Å². The van der Waals surface area contributed by atoms with E-state index < -0.39 is 17.9 Å². The molecule has 31 heavy (non-hydrogen) atoms. The molecule has 1 aromatic carbocycles. The van der Waals surface area contributed by atoms with Crippen LogP contribution in [0.1, 0.15) is 42.9 Å². The number of aliphatic carboxylic acids is 1. The van der Waals surface area contributed by atoms with Crippen molar-refractivity contribution in [3.63, 3.8) is 0 Å². The van der Waals surface area contributed by atoms with Crippen molar-refractivity contribution in [2.24, 2.45) is 0 Å². The van der Waals surface area contributed by atoms with Crippen molar-refractivity contribution >= 4 is 17.6 Å². The molecule has 1 unspecified atom stereocenters. The van der Waals surface area contributed by atoms with Gasteiger partial charge in [0.1, 0.15) is 6.04 Å². The summed E-state index contributed by atoms with van der Waals surface area (Å²) in [6.07, 6.45) is 4.69. The maximum absolute atomic E-state index is 12.4. The second-order valence-corrected chi connectivity index (χ2v) is 6.72. The van der Waals surface area contributed by atoms with Crippen molar-refractivity contribution in [3.8, 4) is 11.5 Å². The Labute approximate surface area is 179 Å². The molecular formula is C21H25N5O5. The second-order valence-electron chi connectivity index (χ2n) is 6.72. The highest BCUT2D eigenvalue weighted by Crippen LogP contribution is 2.29. The maximum atomic E-state index is 12.4. The normalized spacial score (nSPS) is 11.7. The SMILES string of the molecule is CCOc1ccc(Cn2cc(NC(=O)c3ccn(C(C)C(=O)O)n3)cn2)cc1OCC. The molecule has 10 nitrogen and oxygen atoms in total. The van der Waals surface area contributed by atoms with E-state index >= 15 is 0 Å². The van der Waals surface area contributed by atoms with Crippen LogP contribution in [0.25, 0.3) is 0 Å². The molecule has 0 fully saturated rings. The molecule has 0 radical (unpaired) electrons. The van der Waals surface area contributed by atoms with E-state index in [1.165, 1.54) is 30.1 Å². The highest BCUT2D eigenvalue weighted by atomic mass is 16.5. The number of nitrogens with zero attached hydrogens (tertiary/aromatic N) is 4. The van der Waals surface area contributed by atoms with Gasteiger partial charge in [-0.05, 0) is 44.5 Å². The van der Waals surface area contributed by atoms with E-state index in [1.54, 1.807) is 10.9 Å². The van der Waals surface area contributed by atoms with E-state index in [2.05, 4.69) is 15.5 Å². The van der Waals surface area contributed by atoms with Crippen molar-refractivity contribution in [2.75, 3.05) is 18.5 Å². The standard InChI is InChI=1S/C21H25N5O5/c1-4-30-18-7-6-15(10-19(18)31-5-2)12-25-13-16(11-22-25)23-20(27)17-8-9-26(24-17)14(3)21(28)29/h6-11,13-14H,4-5,12H2,1-3H3,(H,23,27)(H,28,29). The van der Waals surface area contributed by atoms with Crippen LogP contribution >= 0.6 is 0 Å². The summed E-state index contributed by atoms with van der Waals surface area (Å²) >= 11 is 0. The largest absolute Gasteiger partial charge is 0.490 e. The quantitative estimate of drug-likeness (QED) is 0.510. The van der Waals surface area contributed by atoms with Gasteiger partial charge in [-0.3, -0.25) is 14.2 Å². The van der Waals surface area contributed by atoms with Crippen LogP contribution in [-0.4, -0.2) is 49.8 Å². The minimum atomic E-state index is -1.03. The fraction of sp³-hybridized carbons (Fsp3) is 0.333. The Kier molecular flexibility index (Phi) is 6.91. The van der Waals surface area contributed by atoms with Gasteiger partial charge in [-0.1, -0.05) is 6.07 Å². The fourth-order valence-electron chi connectivity index (χ4n) is 2.88. The molecule has 0 saturated heterocycles. The highest BCUT2D eigenvalue weighted by molar-refractivity contribution is 6.02.